The van der Waals surface area contributed by atoms with Gasteiger partial charge in [0.05, 0.1) is 22.4 Å². The molecule has 2 heterocycles. The van der Waals surface area contributed by atoms with Crippen LogP contribution in [0.3, 0.4) is 0 Å². The molecule has 0 unspecified atom stereocenters. The van der Waals surface area contributed by atoms with Crippen LogP contribution >= 0.6 is 0 Å². The number of para-hydroxylation sites is 1. The second kappa shape index (κ2) is 12.0. The van der Waals surface area contributed by atoms with Crippen molar-refractivity contribution in [2.45, 2.75) is 27.7 Å². The lowest BCUT2D eigenvalue weighted by Crippen LogP contribution is -2.08. The fourth-order valence-electron chi connectivity index (χ4n) is 8.74. The Labute approximate surface area is 308 Å². The lowest BCUT2D eigenvalue weighted by Gasteiger charge is -2.20. The van der Waals surface area contributed by atoms with Gasteiger partial charge in [-0.2, -0.15) is 0 Å². The molecule has 8 aromatic carbocycles. The number of hydrogen-bond acceptors (Lipinski definition) is 2. The molecule has 0 saturated heterocycles. The van der Waals surface area contributed by atoms with Gasteiger partial charge in [-0.3, -0.25) is 4.57 Å². The van der Waals surface area contributed by atoms with Crippen LogP contribution in [0, 0.1) is 27.7 Å². The minimum absolute atomic E-state index is 0.830. The van der Waals surface area contributed by atoms with Crippen molar-refractivity contribution in [1.29, 1.82) is 0 Å². The first-order chi connectivity index (χ1) is 26.0. The molecule has 0 aliphatic heterocycles. The van der Waals surface area contributed by atoms with Crippen LogP contribution in [0.25, 0.3) is 93.6 Å². The Bertz CT molecular complexity index is 3100. The topological polar surface area (TPSA) is 30.7 Å². The van der Waals surface area contributed by atoms with Crippen LogP contribution in [0.1, 0.15) is 22.4 Å². The molecule has 3 heteroatoms. The Morgan fingerprint density at radius 2 is 1.02 bits per heavy atom. The van der Waals surface area contributed by atoms with Crippen molar-refractivity contribution >= 4 is 54.1 Å². The average molecular weight is 680 g/mol. The Balaban J connectivity index is 1.41. The summed E-state index contributed by atoms with van der Waals surface area (Å²) in [5.74, 6) is 0.830. The average Bonchev–Trinajstić information content (AvgIpc) is 3.54. The highest BCUT2D eigenvalue weighted by atomic mass is 15.1. The van der Waals surface area contributed by atoms with Crippen LogP contribution in [0.2, 0.25) is 0 Å². The van der Waals surface area contributed by atoms with E-state index >= 15 is 0 Å². The van der Waals surface area contributed by atoms with Crippen LogP contribution in [-0.2, 0) is 0 Å². The van der Waals surface area contributed by atoms with E-state index in [2.05, 4.69) is 184 Å². The quantitative estimate of drug-likeness (QED) is 0.185. The maximum Gasteiger partial charge on any atom is 0.165 e. The summed E-state index contributed by atoms with van der Waals surface area (Å²) in [6, 6.07) is 54.6. The van der Waals surface area contributed by atoms with Gasteiger partial charge in [-0.15, -0.1) is 0 Å². The van der Waals surface area contributed by atoms with Gasteiger partial charge in [-0.05, 0) is 93.9 Å². The van der Waals surface area contributed by atoms with Crippen LogP contribution in [0.5, 0.6) is 0 Å². The van der Waals surface area contributed by atoms with Gasteiger partial charge in [0.15, 0.2) is 5.82 Å². The third kappa shape index (κ3) is 4.67. The Kier molecular flexibility index (Phi) is 7.06. The van der Waals surface area contributed by atoms with Crippen molar-refractivity contribution in [2.24, 2.45) is 0 Å². The maximum absolute atomic E-state index is 5.71. The van der Waals surface area contributed by atoms with E-state index in [1.165, 1.54) is 65.5 Å². The monoisotopic (exact) mass is 679 g/mol. The normalized spacial score (nSPS) is 11.8. The number of nitrogens with zero attached hydrogens (tertiary/aromatic N) is 3. The minimum atomic E-state index is 0.830. The standard InChI is InChI=1S/C50H37N3/c1-30-16-5-8-20-36(30)47-33(4)51-48(42-26-15-19-34-17-7-10-22-39(34)42)50(52-47)53-44-27-14-13-25-43(44)46-41-24-12-11-23-40(41)45(32(3)49(46)53)38-29-28-35-18-6-9-21-37(35)31(38)2/h5-29H,1-4H3. The Hall–Kier alpha value is -6.58. The molecular weight excluding hydrogens is 643 g/mol. The zero-order valence-corrected chi connectivity index (χ0v) is 30.3. The summed E-state index contributed by atoms with van der Waals surface area (Å²) in [5, 5.41) is 9.79. The van der Waals surface area contributed by atoms with Gasteiger partial charge in [-0.1, -0.05) is 146 Å². The van der Waals surface area contributed by atoms with E-state index in [0.717, 1.165) is 50.4 Å². The fourth-order valence-corrected chi connectivity index (χ4v) is 8.74. The van der Waals surface area contributed by atoms with E-state index in [4.69, 9.17) is 9.97 Å². The molecule has 3 nitrogen and oxygen atoms in total. The molecule has 252 valence electrons. The van der Waals surface area contributed by atoms with Gasteiger partial charge in [0.2, 0.25) is 0 Å². The van der Waals surface area contributed by atoms with Crippen LogP contribution < -0.4 is 0 Å². The molecule has 0 aliphatic carbocycles. The molecule has 53 heavy (non-hydrogen) atoms. The second-order valence-electron chi connectivity index (χ2n) is 14.3. The van der Waals surface area contributed by atoms with Crippen molar-refractivity contribution in [1.82, 2.24) is 14.5 Å². The molecule has 10 rings (SSSR count). The summed E-state index contributed by atoms with van der Waals surface area (Å²) in [7, 11) is 0. The molecule has 0 spiro atoms. The van der Waals surface area contributed by atoms with Crippen molar-refractivity contribution in [3.63, 3.8) is 0 Å². The first-order valence-corrected chi connectivity index (χ1v) is 18.4. The van der Waals surface area contributed by atoms with Crippen molar-refractivity contribution in [2.75, 3.05) is 0 Å². The maximum atomic E-state index is 5.71. The number of rotatable bonds is 4. The summed E-state index contributed by atoms with van der Waals surface area (Å²) >= 11 is 0. The molecule has 0 saturated carbocycles. The minimum Gasteiger partial charge on any atom is -0.292 e. The lowest BCUT2D eigenvalue weighted by molar-refractivity contribution is 1.02. The van der Waals surface area contributed by atoms with Gasteiger partial charge in [-0.25, -0.2) is 9.97 Å². The van der Waals surface area contributed by atoms with Gasteiger partial charge in [0.25, 0.3) is 0 Å². The molecule has 10 aromatic rings. The highest BCUT2D eigenvalue weighted by Crippen LogP contribution is 2.47. The molecule has 0 bridgehead atoms. The molecule has 0 radical (unpaired) electrons. The second-order valence-corrected chi connectivity index (χ2v) is 14.3. The zero-order chi connectivity index (χ0) is 35.8. The molecule has 0 fully saturated rings. The third-order valence-corrected chi connectivity index (χ3v) is 11.2. The smallest absolute Gasteiger partial charge is 0.165 e. The summed E-state index contributed by atoms with van der Waals surface area (Å²) in [6.45, 7) is 8.82. The van der Waals surface area contributed by atoms with Crippen molar-refractivity contribution in [3.8, 4) is 39.5 Å². The van der Waals surface area contributed by atoms with Crippen molar-refractivity contribution < 1.29 is 0 Å². The van der Waals surface area contributed by atoms with E-state index < -0.39 is 0 Å². The number of hydrogen-bond donors (Lipinski definition) is 0. The van der Waals surface area contributed by atoms with Gasteiger partial charge < -0.3 is 0 Å². The van der Waals surface area contributed by atoms with Gasteiger partial charge in [0.1, 0.15) is 5.69 Å². The Morgan fingerprint density at radius 3 is 1.81 bits per heavy atom. The largest absolute Gasteiger partial charge is 0.292 e. The first kappa shape index (κ1) is 31.2. The molecule has 0 atom stereocenters. The fraction of sp³-hybridized carbons (Fsp3) is 0.0800. The molecular formula is C50H37N3. The predicted octanol–water partition coefficient (Wildman–Crippen LogP) is 13.3. The van der Waals surface area contributed by atoms with Gasteiger partial charge in [0, 0.05) is 21.9 Å². The van der Waals surface area contributed by atoms with Gasteiger partial charge >= 0.3 is 0 Å². The molecule has 2 aromatic heterocycles. The number of benzene rings is 8. The third-order valence-electron chi connectivity index (χ3n) is 11.2. The summed E-state index contributed by atoms with van der Waals surface area (Å²) in [4.78, 5) is 11.2. The zero-order valence-electron chi connectivity index (χ0n) is 30.3. The first-order valence-electron chi connectivity index (χ1n) is 18.4. The molecule has 0 aliphatic rings. The predicted molar refractivity (Wildman–Crippen MR) is 224 cm³/mol. The van der Waals surface area contributed by atoms with Crippen LogP contribution in [0.15, 0.2) is 152 Å². The van der Waals surface area contributed by atoms with E-state index in [1.807, 2.05) is 0 Å². The number of fused-ring (bicyclic) bond motifs is 7. The number of aromatic nitrogens is 3. The Morgan fingerprint density at radius 1 is 0.415 bits per heavy atom. The van der Waals surface area contributed by atoms with Crippen LogP contribution in [-0.4, -0.2) is 14.5 Å². The highest BCUT2D eigenvalue weighted by molar-refractivity contribution is 6.26. The SMILES string of the molecule is Cc1ccccc1-c1nc(-n2c3ccccc3c3c4ccccc4c(-c4ccc5ccccc5c4C)c(C)c32)c(-c2cccc3ccccc23)nc1C. The van der Waals surface area contributed by atoms with Crippen LogP contribution in [0.4, 0.5) is 0 Å². The van der Waals surface area contributed by atoms with E-state index in [1.54, 1.807) is 0 Å². The van der Waals surface area contributed by atoms with E-state index in [9.17, 15) is 0 Å². The van der Waals surface area contributed by atoms with E-state index in [-0.39, 0.29) is 0 Å². The summed E-state index contributed by atoms with van der Waals surface area (Å²) in [6.07, 6.45) is 0. The summed E-state index contributed by atoms with van der Waals surface area (Å²) < 4.78 is 2.41. The molecule has 0 amide bonds. The van der Waals surface area contributed by atoms with E-state index in [0.29, 0.717) is 0 Å². The van der Waals surface area contributed by atoms with Crippen molar-refractivity contribution in [3.05, 3.63) is 174 Å². The molecule has 0 N–H and O–H groups in total. The summed E-state index contributed by atoms with van der Waals surface area (Å²) in [5.41, 5.74) is 13.3. The highest BCUT2D eigenvalue weighted by Gasteiger charge is 2.26. The number of aryl methyl sites for hydroxylation is 4. The lowest BCUT2D eigenvalue weighted by atomic mass is 9.87.